The number of hydrogen-bond donors (Lipinski definition) is 1. The molecule has 1 aliphatic rings. The Morgan fingerprint density at radius 3 is 2.73 bits per heavy atom. The maximum atomic E-state index is 5.93. The van der Waals surface area contributed by atoms with Crippen molar-refractivity contribution in [2.24, 2.45) is 5.73 Å². The Morgan fingerprint density at radius 1 is 1.55 bits per heavy atom. The van der Waals surface area contributed by atoms with Gasteiger partial charge < -0.3 is 5.73 Å². The van der Waals surface area contributed by atoms with Gasteiger partial charge in [0.1, 0.15) is 10.0 Å². The number of nitrogens with two attached hydrogens (primary N) is 1. The Kier molecular flexibility index (Phi) is 1.47. The van der Waals surface area contributed by atoms with Gasteiger partial charge in [0, 0.05) is 12.0 Å². The van der Waals surface area contributed by atoms with Gasteiger partial charge in [0.15, 0.2) is 0 Å². The lowest BCUT2D eigenvalue weighted by Gasteiger charge is -2.02. The fraction of sp³-hybridized carbons (Fsp3) is 0.714. The molecule has 1 aromatic rings. The molecular weight excluding hydrogens is 158 g/mol. The van der Waals surface area contributed by atoms with Crippen LogP contribution in [0.25, 0.3) is 0 Å². The first kappa shape index (κ1) is 7.18. The van der Waals surface area contributed by atoms with Gasteiger partial charge in [0.25, 0.3) is 0 Å². The van der Waals surface area contributed by atoms with Crippen LogP contribution in [0.15, 0.2) is 0 Å². The summed E-state index contributed by atoms with van der Waals surface area (Å²) in [5, 5.41) is 10.1. The van der Waals surface area contributed by atoms with E-state index in [1.165, 1.54) is 0 Å². The molecule has 1 heterocycles. The molecule has 0 aliphatic heterocycles. The summed E-state index contributed by atoms with van der Waals surface area (Å²) < 4.78 is 0. The van der Waals surface area contributed by atoms with Crippen LogP contribution >= 0.6 is 11.3 Å². The second-order valence-corrected chi connectivity index (χ2v) is 4.52. The first-order valence-corrected chi connectivity index (χ1v) is 4.57. The molecule has 0 aromatic carbocycles. The second kappa shape index (κ2) is 2.25. The lowest BCUT2D eigenvalue weighted by atomic mass is 10.2. The van der Waals surface area contributed by atoms with E-state index < -0.39 is 0 Å². The van der Waals surface area contributed by atoms with Gasteiger partial charge >= 0.3 is 0 Å². The predicted molar refractivity (Wildman–Crippen MR) is 44.5 cm³/mol. The summed E-state index contributed by atoms with van der Waals surface area (Å²) in [5.74, 6) is 0. The molecule has 0 unspecified atom stereocenters. The van der Waals surface area contributed by atoms with Gasteiger partial charge in [0.2, 0.25) is 0 Å². The summed E-state index contributed by atoms with van der Waals surface area (Å²) in [6.45, 7) is 1.97. The highest BCUT2D eigenvalue weighted by Gasteiger charge is 2.38. The van der Waals surface area contributed by atoms with Crippen molar-refractivity contribution >= 4 is 11.3 Å². The first-order valence-electron chi connectivity index (χ1n) is 3.76. The molecule has 2 N–H and O–H groups in total. The number of hydrogen-bond acceptors (Lipinski definition) is 4. The van der Waals surface area contributed by atoms with Crippen LogP contribution < -0.4 is 5.73 Å². The van der Waals surface area contributed by atoms with Gasteiger partial charge in [0.05, 0.1) is 0 Å². The maximum Gasteiger partial charge on any atom is 0.119 e. The quantitative estimate of drug-likeness (QED) is 0.715. The number of aryl methyl sites for hydroxylation is 1. The number of rotatable bonds is 2. The van der Waals surface area contributed by atoms with E-state index in [9.17, 15) is 0 Å². The molecule has 0 atom stereocenters. The van der Waals surface area contributed by atoms with Crippen LogP contribution in [0.2, 0.25) is 0 Å². The zero-order chi connectivity index (χ0) is 7.90. The molecule has 0 spiro atoms. The molecule has 0 bridgehead atoms. The Morgan fingerprint density at radius 2 is 2.27 bits per heavy atom. The first-order chi connectivity index (χ1) is 5.18. The van der Waals surface area contributed by atoms with Crippen LogP contribution in [0.3, 0.4) is 0 Å². The summed E-state index contributed by atoms with van der Waals surface area (Å²) in [6.07, 6.45) is 3.20. The van der Waals surface area contributed by atoms with Gasteiger partial charge in [-0.3, -0.25) is 0 Å². The largest absolute Gasteiger partial charge is 0.325 e. The molecule has 1 saturated carbocycles. The fourth-order valence-corrected chi connectivity index (χ4v) is 1.91. The standard InChI is InChI=1S/C7H11N3S/c1-5-9-10-6(11-5)4-7(8)2-3-7/h2-4,8H2,1H3. The molecule has 1 fully saturated rings. The average Bonchev–Trinajstić information content (AvgIpc) is 2.49. The summed E-state index contributed by atoms with van der Waals surface area (Å²) in [7, 11) is 0. The smallest absolute Gasteiger partial charge is 0.119 e. The normalized spacial score (nSPS) is 20.2. The van der Waals surface area contributed by atoms with Gasteiger partial charge in [-0.25, -0.2) is 0 Å². The van der Waals surface area contributed by atoms with E-state index in [2.05, 4.69) is 10.2 Å². The monoisotopic (exact) mass is 169 g/mol. The SMILES string of the molecule is Cc1nnc(CC2(N)CC2)s1. The molecule has 4 heteroatoms. The van der Waals surface area contributed by atoms with Gasteiger partial charge in [-0.05, 0) is 19.8 Å². The lowest BCUT2D eigenvalue weighted by Crippen LogP contribution is -2.24. The van der Waals surface area contributed by atoms with Gasteiger partial charge in [-0.15, -0.1) is 21.5 Å². The molecule has 3 nitrogen and oxygen atoms in total. The second-order valence-electron chi connectivity index (χ2n) is 3.25. The zero-order valence-corrected chi connectivity index (χ0v) is 7.32. The van der Waals surface area contributed by atoms with Crippen molar-refractivity contribution in [1.29, 1.82) is 0 Å². The molecular formula is C7H11N3S. The van der Waals surface area contributed by atoms with E-state index in [-0.39, 0.29) is 5.54 Å². The van der Waals surface area contributed by atoms with E-state index in [0.29, 0.717) is 0 Å². The van der Waals surface area contributed by atoms with Gasteiger partial charge in [-0.1, -0.05) is 0 Å². The lowest BCUT2D eigenvalue weighted by molar-refractivity contribution is 0.663. The van der Waals surface area contributed by atoms with Crippen molar-refractivity contribution in [3.63, 3.8) is 0 Å². The summed E-state index contributed by atoms with van der Waals surface area (Å²) >= 11 is 1.65. The van der Waals surface area contributed by atoms with Crippen LogP contribution in [0.5, 0.6) is 0 Å². The minimum absolute atomic E-state index is 0.0754. The van der Waals surface area contributed by atoms with Crippen molar-refractivity contribution in [2.75, 3.05) is 0 Å². The van der Waals surface area contributed by atoms with Crippen LogP contribution in [-0.4, -0.2) is 15.7 Å². The van der Waals surface area contributed by atoms with Crippen LogP contribution in [-0.2, 0) is 6.42 Å². The van der Waals surface area contributed by atoms with E-state index in [1.807, 2.05) is 6.92 Å². The van der Waals surface area contributed by atoms with Crippen molar-refractivity contribution in [1.82, 2.24) is 10.2 Å². The Labute approximate surface area is 69.6 Å². The van der Waals surface area contributed by atoms with Crippen molar-refractivity contribution in [2.45, 2.75) is 31.7 Å². The van der Waals surface area contributed by atoms with Gasteiger partial charge in [-0.2, -0.15) is 0 Å². The number of aromatic nitrogens is 2. The Bertz CT molecular complexity index is 264. The molecule has 11 heavy (non-hydrogen) atoms. The predicted octanol–water partition coefficient (Wildman–Crippen LogP) is 0.880. The molecule has 1 aliphatic carbocycles. The Hall–Kier alpha value is -0.480. The topological polar surface area (TPSA) is 51.8 Å². The molecule has 0 radical (unpaired) electrons. The average molecular weight is 169 g/mol. The molecule has 1 aromatic heterocycles. The van der Waals surface area contributed by atoms with Crippen LogP contribution in [0.4, 0.5) is 0 Å². The third kappa shape index (κ3) is 1.57. The van der Waals surface area contributed by atoms with E-state index in [0.717, 1.165) is 29.3 Å². The molecule has 60 valence electrons. The number of nitrogens with zero attached hydrogens (tertiary/aromatic N) is 2. The fourth-order valence-electron chi connectivity index (χ4n) is 1.05. The Balaban J connectivity index is 2.06. The summed E-state index contributed by atoms with van der Waals surface area (Å²) in [5.41, 5.74) is 6.00. The van der Waals surface area contributed by atoms with E-state index >= 15 is 0 Å². The third-order valence-electron chi connectivity index (χ3n) is 1.96. The highest BCUT2D eigenvalue weighted by Crippen LogP contribution is 2.35. The van der Waals surface area contributed by atoms with E-state index in [1.54, 1.807) is 11.3 Å². The highest BCUT2D eigenvalue weighted by atomic mass is 32.1. The minimum atomic E-state index is 0.0754. The van der Waals surface area contributed by atoms with Crippen LogP contribution in [0.1, 0.15) is 22.9 Å². The van der Waals surface area contributed by atoms with Crippen LogP contribution in [0, 0.1) is 6.92 Å². The van der Waals surface area contributed by atoms with Crippen molar-refractivity contribution < 1.29 is 0 Å². The molecule has 0 saturated heterocycles. The van der Waals surface area contributed by atoms with Crippen molar-refractivity contribution in [3.05, 3.63) is 10.0 Å². The summed E-state index contributed by atoms with van der Waals surface area (Å²) in [4.78, 5) is 0. The summed E-state index contributed by atoms with van der Waals surface area (Å²) in [6, 6.07) is 0. The van der Waals surface area contributed by atoms with E-state index in [4.69, 9.17) is 5.73 Å². The maximum absolute atomic E-state index is 5.93. The molecule has 2 rings (SSSR count). The minimum Gasteiger partial charge on any atom is -0.325 e. The zero-order valence-electron chi connectivity index (χ0n) is 6.50. The molecule has 0 amide bonds. The third-order valence-corrected chi connectivity index (χ3v) is 2.80. The highest BCUT2D eigenvalue weighted by molar-refractivity contribution is 7.11. The van der Waals surface area contributed by atoms with Crippen molar-refractivity contribution in [3.8, 4) is 0 Å².